The number of hydrogen-bond acceptors (Lipinski definition) is 6. The Kier molecular flexibility index (Phi) is 8.54. The van der Waals surface area contributed by atoms with Gasteiger partial charge in [-0.15, -0.1) is 11.3 Å². The van der Waals surface area contributed by atoms with E-state index in [0.717, 1.165) is 29.4 Å². The number of carboxylic acid groups (broad SMARTS) is 1. The van der Waals surface area contributed by atoms with Crippen molar-refractivity contribution in [3.63, 3.8) is 0 Å². The molecule has 2 aliphatic carbocycles. The molecule has 2 fully saturated rings. The summed E-state index contributed by atoms with van der Waals surface area (Å²) in [6.07, 6.45) is 14.4. The van der Waals surface area contributed by atoms with Crippen molar-refractivity contribution in [2.24, 2.45) is 17.8 Å². The van der Waals surface area contributed by atoms with Gasteiger partial charge < -0.3 is 10.2 Å². The summed E-state index contributed by atoms with van der Waals surface area (Å²) in [6, 6.07) is 0. The molecule has 3 atom stereocenters. The SMILES string of the molecule is C[C@](O)(C/C=C/[C@@H]1CCC(=O)[C@@H]1CCSc1nc(C(=O)O)cs1)CC1CCCCC1. The molecule has 1 aromatic rings. The summed E-state index contributed by atoms with van der Waals surface area (Å²) in [5.41, 5.74) is -0.584. The summed E-state index contributed by atoms with van der Waals surface area (Å²) in [5, 5.41) is 21.3. The van der Waals surface area contributed by atoms with E-state index >= 15 is 0 Å². The molecule has 2 saturated carbocycles. The highest BCUT2D eigenvalue weighted by Crippen LogP contribution is 2.36. The maximum absolute atomic E-state index is 12.4. The predicted octanol–water partition coefficient (Wildman–Crippen LogP) is 5.59. The van der Waals surface area contributed by atoms with E-state index in [-0.39, 0.29) is 17.5 Å². The topological polar surface area (TPSA) is 87.5 Å². The minimum atomic E-state index is -1.01. The van der Waals surface area contributed by atoms with Gasteiger partial charge in [0.25, 0.3) is 0 Å². The van der Waals surface area contributed by atoms with Crippen LogP contribution in [0.2, 0.25) is 0 Å². The summed E-state index contributed by atoms with van der Waals surface area (Å²) in [6.45, 7) is 1.94. The zero-order valence-electron chi connectivity index (χ0n) is 17.7. The Morgan fingerprint density at radius 2 is 2.10 bits per heavy atom. The van der Waals surface area contributed by atoms with E-state index in [2.05, 4.69) is 17.1 Å². The van der Waals surface area contributed by atoms with Gasteiger partial charge in [0.1, 0.15) is 5.78 Å². The first-order valence-corrected chi connectivity index (χ1v) is 12.9. The number of aliphatic hydroxyl groups is 1. The quantitative estimate of drug-likeness (QED) is 0.356. The number of allylic oxidation sites excluding steroid dienone is 1. The van der Waals surface area contributed by atoms with Crippen molar-refractivity contribution in [1.82, 2.24) is 4.98 Å². The zero-order valence-corrected chi connectivity index (χ0v) is 19.3. The lowest BCUT2D eigenvalue weighted by Crippen LogP contribution is -2.28. The van der Waals surface area contributed by atoms with E-state index in [4.69, 9.17) is 5.11 Å². The first-order valence-electron chi connectivity index (χ1n) is 11.1. The van der Waals surface area contributed by atoms with Gasteiger partial charge >= 0.3 is 5.97 Å². The van der Waals surface area contributed by atoms with Gasteiger partial charge in [-0.3, -0.25) is 4.79 Å². The third-order valence-corrected chi connectivity index (χ3v) is 8.46. The molecule has 0 unspecified atom stereocenters. The highest BCUT2D eigenvalue weighted by Gasteiger charge is 2.33. The Hall–Kier alpha value is -1.18. The van der Waals surface area contributed by atoms with E-state index in [1.54, 1.807) is 5.38 Å². The number of carbonyl (C=O) groups is 2. The van der Waals surface area contributed by atoms with Crippen LogP contribution >= 0.6 is 23.1 Å². The molecule has 2 N–H and O–H groups in total. The predicted molar refractivity (Wildman–Crippen MR) is 121 cm³/mol. The lowest BCUT2D eigenvalue weighted by Gasteiger charge is -2.30. The third-order valence-electron chi connectivity index (χ3n) is 6.41. The number of hydrogen-bond donors (Lipinski definition) is 2. The van der Waals surface area contributed by atoms with Gasteiger partial charge in [0, 0.05) is 23.5 Å². The number of thioether (sulfide) groups is 1. The molecule has 0 radical (unpaired) electrons. The molecule has 30 heavy (non-hydrogen) atoms. The molecule has 7 heteroatoms. The number of aromatic nitrogens is 1. The summed E-state index contributed by atoms with van der Waals surface area (Å²) in [5.74, 6) is 0.989. The van der Waals surface area contributed by atoms with Crippen LogP contribution in [0.15, 0.2) is 21.9 Å². The van der Waals surface area contributed by atoms with Gasteiger partial charge in [-0.05, 0) is 44.4 Å². The van der Waals surface area contributed by atoms with Gasteiger partial charge in [0.15, 0.2) is 10.0 Å². The van der Waals surface area contributed by atoms with Crippen LogP contribution in [0.25, 0.3) is 0 Å². The first-order chi connectivity index (χ1) is 14.3. The van der Waals surface area contributed by atoms with Crippen LogP contribution in [-0.2, 0) is 4.79 Å². The van der Waals surface area contributed by atoms with Gasteiger partial charge in [-0.2, -0.15) is 0 Å². The summed E-state index contributed by atoms with van der Waals surface area (Å²) >= 11 is 2.86. The van der Waals surface area contributed by atoms with E-state index in [0.29, 0.717) is 24.5 Å². The van der Waals surface area contributed by atoms with E-state index in [1.165, 1.54) is 55.2 Å². The molecule has 1 aromatic heterocycles. The van der Waals surface area contributed by atoms with Crippen LogP contribution in [0.4, 0.5) is 0 Å². The van der Waals surface area contributed by atoms with Gasteiger partial charge in [-0.1, -0.05) is 56.0 Å². The second-order valence-electron chi connectivity index (χ2n) is 9.05. The van der Waals surface area contributed by atoms with Gasteiger partial charge in [0.05, 0.1) is 5.60 Å². The average Bonchev–Trinajstić information content (AvgIpc) is 3.30. The van der Waals surface area contributed by atoms with Crippen molar-refractivity contribution in [2.45, 2.75) is 81.1 Å². The molecular formula is C23H33NO4S2. The highest BCUT2D eigenvalue weighted by atomic mass is 32.2. The van der Waals surface area contributed by atoms with Crippen molar-refractivity contribution in [1.29, 1.82) is 0 Å². The van der Waals surface area contributed by atoms with Crippen LogP contribution < -0.4 is 0 Å². The molecule has 0 aliphatic heterocycles. The fourth-order valence-electron chi connectivity index (χ4n) is 4.83. The Labute approximate surface area is 187 Å². The van der Waals surface area contributed by atoms with Crippen molar-refractivity contribution in [3.8, 4) is 0 Å². The summed E-state index contributed by atoms with van der Waals surface area (Å²) in [7, 11) is 0. The Morgan fingerprint density at radius 1 is 1.33 bits per heavy atom. The molecule has 2 aliphatic rings. The summed E-state index contributed by atoms with van der Waals surface area (Å²) < 4.78 is 0.740. The number of carbonyl (C=O) groups excluding carboxylic acids is 1. The molecule has 0 spiro atoms. The Balaban J connectivity index is 1.45. The smallest absolute Gasteiger partial charge is 0.355 e. The number of rotatable bonds is 10. The van der Waals surface area contributed by atoms with Crippen molar-refractivity contribution in [3.05, 3.63) is 23.2 Å². The highest BCUT2D eigenvalue weighted by molar-refractivity contribution is 8.01. The van der Waals surface area contributed by atoms with Crippen LogP contribution in [0.5, 0.6) is 0 Å². The maximum atomic E-state index is 12.4. The normalized spacial score (nSPS) is 25.1. The van der Waals surface area contributed by atoms with Crippen LogP contribution in [-0.4, -0.2) is 38.3 Å². The molecular weight excluding hydrogens is 418 g/mol. The molecule has 3 rings (SSSR count). The molecule has 0 aromatic carbocycles. The lowest BCUT2D eigenvalue weighted by atomic mass is 9.80. The van der Waals surface area contributed by atoms with E-state index in [1.807, 2.05) is 6.92 Å². The molecule has 0 amide bonds. The molecule has 0 bridgehead atoms. The van der Waals surface area contributed by atoms with E-state index < -0.39 is 11.6 Å². The van der Waals surface area contributed by atoms with Gasteiger partial charge in [0.2, 0.25) is 0 Å². The number of ketones is 1. The fourth-order valence-corrected chi connectivity index (χ4v) is 6.72. The standard InChI is InChI=1S/C23H33NO4S2/c1-23(28,14-16-6-3-2-4-7-16)12-5-8-17-9-10-20(25)18(17)11-13-29-22-24-19(15-30-22)21(26)27/h5,8,15-18,28H,2-4,6-7,9-14H2,1H3,(H,26,27)/b8-5+/t17-,18-,23+/m1/s1. The van der Waals surface area contributed by atoms with Crippen LogP contribution in [0, 0.1) is 17.8 Å². The third kappa shape index (κ3) is 6.92. The van der Waals surface area contributed by atoms with Crippen molar-refractivity contribution in [2.75, 3.05) is 5.75 Å². The monoisotopic (exact) mass is 451 g/mol. The van der Waals surface area contributed by atoms with E-state index in [9.17, 15) is 14.7 Å². The number of Topliss-reactive ketones (excluding diaryl/α,β-unsaturated/α-hetero) is 1. The minimum absolute atomic E-state index is 0.0240. The molecule has 0 saturated heterocycles. The number of thiazole rings is 1. The number of aromatic carboxylic acids is 1. The van der Waals surface area contributed by atoms with Crippen molar-refractivity contribution >= 4 is 34.9 Å². The summed E-state index contributed by atoms with van der Waals surface area (Å²) in [4.78, 5) is 27.4. The molecule has 1 heterocycles. The zero-order chi connectivity index (χ0) is 21.6. The second kappa shape index (κ2) is 10.9. The molecule has 166 valence electrons. The van der Waals surface area contributed by atoms with Crippen LogP contribution in [0.1, 0.15) is 81.6 Å². The Bertz CT molecular complexity index is 752. The first kappa shape index (κ1) is 23.5. The molecule has 5 nitrogen and oxygen atoms in total. The number of nitrogens with zero attached hydrogens (tertiary/aromatic N) is 1. The van der Waals surface area contributed by atoms with Crippen LogP contribution in [0.3, 0.4) is 0 Å². The minimum Gasteiger partial charge on any atom is -0.476 e. The fraction of sp³-hybridized carbons (Fsp3) is 0.696. The Morgan fingerprint density at radius 3 is 2.80 bits per heavy atom. The van der Waals surface area contributed by atoms with Gasteiger partial charge in [-0.25, -0.2) is 9.78 Å². The second-order valence-corrected chi connectivity index (χ2v) is 11.3. The lowest BCUT2D eigenvalue weighted by molar-refractivity contribution is -0.121. The largest absolute Gasteiger partial charge is 0.476 e. The van der Waals surface area contributed by atoms with Crippen molar-refractivity contribution < 1.29 is 19.8 Å². The maximum Gasteiger partial charge on any atom is 0.355 e. The average molecular weight is 452 g/mol. The number of carboxylic acids is 1.